The molecule has 5 nitrogen and oxygen atoms in total. The number of carbonyl (C=O) groups is 1. The normalized spacial score (nSPS) is 9.71. The van der Waals surface area contributed by atoms with Crippen molar-refractivity contribution in [2.24, 2.45) is 0 Å². The molecule has 1 heterocycles. The minimum Gasteiger partial charge on any atom is -0.410 e. The molecule has 0 bridgehead atoms. The molecule has 17 heavy (non-hydrogen) atoms. The zero-order chi connectivity index (χ0) is 12.1. The number of aromatic nitrogens is 2. The number of nitrogens with one attached hydrogen (secondary N) is 1. The van der Waals surface area contributed by atoms with Crippen LogP contribution in [0.15, 0.2) is 42.6 Å². The van der Waals surface area contributed by atoms with Crippen molar-refractivity contribution in [3.63, 3.8) is 0 Å². The van der Waals surface area contributed by atoms with Crippen LogP contribution in [0.25, 0.3) is 0 Å². The largest absolute Gasteiger partial charge is 0.418 e. The second kappa shape index (κ2) is 5.07. The Bertz CT molecular complexity index is 514. The van der Waals surface area contributed by atoms with Gasteiger partial charge < -0.3 is 4.74 Å². The van der Waals surface area contributed by atoms with E-state index in [-0.39, 0.29) is 0 Å². The summed E-state index contributed by atoms with van der Waals surface area (Å²) < 4.78 is 5.04. The maximum Gasteiger partial charge on any atom is 0.418 e. The summed E-state index contributed by atoms with van der Waals surface area (Å²) in [5.41, 5.74) is 0.912. The highest BCUT2D eigenvalue weighted by atomic mass is 16.6. The van der Waals surface area contributed by atoms with Crippen LogP contribution in [0, 0.1) is 6.92 Å². The van der Waals surface area contributed by atoms with Crippen molar-refractivity contribution in [1.29, 1.82) is 0 Å². The second-order valence-electron chi connectivity index (χ2n) is 3.45. The fraction of sp³-hybridized carbons (Fsp3) is 0.0833. The first-order valence-electron chi connectivity index (χ1n) is 5.07. The van der Waals surface area contributed by atoms with Crippen LogP contribution in [-0.2, 0) is 0 Å². The molecule has 0 saturated carbocycles. The van der Waals surface area contributed by atoms with E-state index in [4.69, 9.17) is 4.74 Å². The second-order valence-corrected chi connectivity index (χ2v) is 3.45. The molecule has 0 spiro atoms. The lowest BCUT2D eigenvalue weighted by atomic mass is 10.3. The molecule has 1 amide bonds. The molecule has 1 aromatic heterocycles. The molecular formula is C12H11N3O2. The summed E-state index contributed by atoms with van der Waals surface area (Å²) in [6, 6.07) is 10.5. The smallest absolute Gasteiger partial charge is 0.410 e. The fourth-order valence-electron chi connectivity index (χ4n) is 1.25. The van der Waals surface area contributed by atoms with Gasteiger partial charge in [-0.1, -0.05) is 18.2 Å². The molecule has 5 heteroatoms. The van der Waals surface area contributed by atoms with Crippen molar-refractivity contribution in [2.75, 3.05) is 5.32 Å². The number of hydrogen-bond donors (Lipinski definition) is 1. The predicted octanol–water partition coefficient (Wildman–Crippen LogP) is 2.40. The first-order valence-corrected chi connectivity index (χ1v) is 5.07. The number of rotatable bonds is 2. The molecule has 0 aliphatic carbocycles. The molecule has 0 atom stereocenters. The van der Waals surface area contributed by atoms with Crippen LogP contribution >= 0.6 is 0 Å². The molecule has 0 unspecified atom stereocenters. The summed E-state index contributed by atoms with van der Waals surface area (Å²) in [5, 5.41) is 9.98. The van der Waals surface area contributed by atoms with Gasteiger partial charge in [0.05, 0.1) is 6.20 Å². The van der Waals surface area contributed by atoms with Crippen LogP contribution < -0.4 is 10.1 Å². The Labute approximate surface area is 98.5 Å². The monoisotopic (exact) mass is 229 g/mol. The van der Waals surface area contributed by atoms with Gasteiger partial charge in [-0.2, -0.15) is 5.10 Å². The Balaban J connectivity index is 1.98. The molecule has 0 radical (unpaired) electrons. The Hall–Kier alpha value is -2.43. The van der Waals surface area contributed by atoms with Crippen LogP contribution in [0.1, 0.15) is 5.56 Å². The number of ether oxygens (including phenoxy) is 1. The number of para-hydroxylation sites is 1. The molecule has 2 rings (SSSR count). The van der Waals surface area contributed by atoms with E-state index in [2.05, 4.69) is 15.5 Å². The summed E-state index contributed by atoms with van der Waals surface area (Å²) in [4.78, 5) is 11.5. The third kappa shape index (κ3) is 3.27. The zero-order valence-corrected chi connectivity index (χ0v) is 9.25. The van der Waals surface area contributed by atoms with Gasteiger partial charge in [-0.25, -0.2) is 4.79 Å². The van der Waals surface area contributed by atoms with Crippen molar-refractivity contribution in [2.45, 2.75) is 6.92 Å². The maximum atomic E-state index is 11.5. The van der Waals surface area contributed by atoms with Gasteiger partial charge in [0.2, 0.25) is 0 Å². The summed E-state index contributed by atoms with van der Waals surface area (Å²) in [6.45, 7) is 1.86. The van der Waals surface area contributed by atoms with E-state index in [0.29, 0.717) is 11.6 Å². The lowest BCUT2D eigenvalue weighted by Crippen LogP contribution is -2.17. The molecule has 1 N–H and O–H groups in total. The van der Waals surface area contributed by atoms with Gasteiger partial charge in [0.15, 0.2) is 5.82 Å². The maximum absolute atomic E-state index is 11.5. The Morgan fingerprint density at radius 2 is 2.06 bits per heavy atom. The topological polar surface area (TPSA) is 64.1 Å². The SMILES string of the molecule is Cc1cnnc(NC(=O)Oc2ccccc2)c1. The third-order valence-electron chi connectivity index (χ3n) is 1.98. The average molecular weight is 229 g/mol. The van der Waals surface area contributed by atoms with Gasteiger partial charge in [0.25, 0.3) is 0 Å². The first kappa shape index (κ1) is 11.1. The highest BCUT2D eigenvalue weighted by Gasteiger charge is 2.05. The van der Waals surface area contributed by atoms with Crippen molar-refractivity contribution in [3.8, 4) is 5.75 Å². The van der Waals surface area contributed by atoms with Gasteiger partial charge in [-0.3, -0.25) is 5.32 Å². The summed E-state index contributed by atoms with van der Waals surface area (Å²) in [5.74, 6) is 0.844. The predicted molar refractivity (Wildman–Crippen MR) is 62.9 cm³/mol. The van der Waals surface area contributed by atoms with Crippen molar-refractivity contribution < 1.29 is 9.53 Å². The Morgan fingerprint density at radius 1 is 1.29 bits per heavy atom. The standard InChI is InChI=1S/C12H11N3O2/c1-9-7-11(15-13-8-9)14-12(16)17-10-5-3-2-4-6-10/h2-8H,1H3,(H,14,15,16). The van der Waals surface area contributed by atoms with Gasteiger partial charge in [-0.05, 0) is 30.7 Å². The first-order chi connectivity index (χ1) is 8.24. The number of nitrogens with zero attached hydrogens (tertiary/aromatic N) is 2. The van der Waals surface area contributed by atoms with Gasteiger partial charge in [0.1, 0.15) is 5.75 Å². The van der Waals surface area contributed by atoms with Crippen LogP contribution in [0.5, 0.6) is 5.75 Å². The number of amides is 1. The van der Waals surface area contributed by atoms with Crippen LogP contribution in [0.3, 0.4) is 0 Å². The van der Waals surface area contributed by atoms with E-state index in [9.17, 15) is 4.79 Å². The third-order valence-corrected chi connectivity index (χ3v) is 1.98. The molecule has 0 saturated heterocycles. The number of aryl methyl sites for hydroxylation is 1. The molecule has 0 aliphatic heterocycles. The van der Waals surface area contributed by atoms with Crippen LogP contribution in [0.2, 0.25) is 0 Å². The van der Waals surface area contributed by atoms with Crippen LogP contribution in [0.4, 0.5) is 10.6 Å². The zero-order valence-electron chi connectivity index (χ0n) is 9.25. The van der Waals surface area contributed by atoms with E-state index in [1.165, 1.54) is 0 Å². The molecule has 0 fully saturated rings. The minimum atomic E-state index is -0.587. The highest BCUT2D eigenvalue weighted by molar-refractivity contribution is 5.85. The lowest BCUT2D eigenvalue weighted by Gasteiger charge is -2.05. The van der Waals surface area contributed by atoms with Crippen molar-refractivity contribution in [1.82, 2.24) is 10.2 Å². The van der Waals surface area contributed by atoms with Gasteiger partial charge in [0, 0.05) is 0 Å². The average Bonchev–Trinajstić information content (AvgIpc) is 2.30. The number of benzene rings is 1. The molecule has 2 aromatic rings. The van der Waals surface area contributed by atoms with Gasteiger partial charge in [-0.15, -0.1) is 5.10 Å². The van der Waals surface area contributed by atoms with Crippen molar-refractivity contribution >= 4 is 11.9 Å². The summed E-state index contributed by atoms with van der Waals surface area (Å²) in [6.07, 6.45) is 1.02. The molecule has 0 aliphatic rings. The summed E-state index contributed by atoms with van der Waals surface area (Å²) >= 11 is 0. The molecule has 86 valence electrons. The van der Waals surface area contributed by atoms with Crippen LogP contribution in [-0.4, -0.2) is 16.3 Å². The van der Waals surface area contributed by atoms with Gasteiger partial charge >= 0.3 is 6.09 Å². The molecule has 1 aromatic carbocycles. The van der Waals surface area contributed by atoms with Crippen molar-refractivity contribution in [3.05, 3.63) is 48.2 Å². The highest BCUT2D eigenvalue weighted by Crippen LogP contribution is 2.10. The summed E-state index contributed by atoms with van der Waals surface area (Å²) in [7, 11) is 0. The van der Waals surface area contributed by atoms with E-state index < -0.39 is 6.09 Å². The fourth-order valence-corrected chi connectivity index (χ4v) is 1.25. The number of hydrogen-bond acceptors (Lipinski definition) is 4. The number of anilines is 1. The minimum absolute atomic E-state index is 0.367. The quantitative estimate of drug-likeness (QED) is 0.858. The van der Waals surface area contributed by atoms with E-state index in [0.717, 1.165) is 5.56 Å². The van der Waals surface area contributed by atoms with E-state index >= 15 is 0 Å². The Morgan fingerprint density at radius 3 is 2.76 bits per heavy atom. The number of carbonyl (C=O) groups excluding carboxylic acids is 1. The molecular weight excluding hydrogens is 218 g/mol. The van der Waals surface area contributed by atoms with E-state index in [1.54, 1.807) is 36.5 Å². The van der Waals surface area contributed by atoms with E-state index in [1.807, 2.05) is 13.0 Å². The lowest BCUT2D eigenvalue weighted by molar-refractivity contribution is 0.215. The Kier molecular flexibility index (Phi) is 3.30.